The second kappa shape index (κ2) is 5.66. The molecule has 5 heteroatoms. The van der Waals surface area contributed by atoms with E-state index in [1.54, 1.807) is 18.2 Å². The van der Waals surface area contributed by atoms with Crippen molar-refractivity contribution in [1.29, 1.82) is 0 Å². The Balaban J connectivity index is 1.76. The quantitative estimate of drug-likeness (QED) is 0.838. The van der Waals surface area contributed by atoms with Crippen LogP contribution in [0, 0.1) is 5.92 Å². The molecule has 3 N–H and O–H groups in total. The van der Waals surface area contributed by atoms with Gasteiger partial charge in [-0.05, 0) is 30.2 Å². The average Bonchev–Trinajstić information content (AvgIpc) is 2.50. The molecule has 1 amide bonds. The molecule has 0 saturated carbocycles. The number of benzene rings is 2. The second-order valence-electron chi connectivity index (χ2n) is 5.01. The molecule has 2 aromatic carbocycles. The van der Waals surface area contributed by atoms with Crippen LogP contribution >= 0.6 is 11.6 Å². The van der Waals surface area contributed by atoms with Gasteiger partial charge in [-0.3, -0.25) is 4.79 Å². The van der Waals surface area contributed by atoms with Crippen LogP contribution in [0.1, 0.15) is 5.56 Å². The third-order valence-electron chi connectivity index (χ3n) is 3.54. The Bertz CT molecular complexity index is 667. The van der Waals surface area contributed by atoms with Crippen LogP contribution in [-0.4, -0.2) is 12.5 Å². The van der Waals surface area contributed by atoms with Gasteiger partial charge in [0.15, 0.2) is 0 Å². The van der Waals surface area contributed by atoms with E-state index < -0.39 is 0 Å². The van der Waals surface area contributed by atoms with Crippen molar-refractivity contribution in [1.82, 2.24) is 0 Å². The van der Waals surface area contributed by atoms with Crippen molar-refractivity contribution in [3.8, 4) is 5.75 Å². The first kappa shape index (κ1) is 13.8. The summed E-state index contributed by atoms with van der Waals surface area (Å²) in [5, 5.41) is 3.23. The van der Waals surface area contributed by atoms with Gasteiger partial charge in [-0.1, -0.05) is 35.9 Å². The Morgan fingerprint density at radius 1 is 1.24 bits per heavy atom. The number of nitrogens with one attached hydrogen (secondary N) is 1. The summed E-state index contributed by atoms with van der Waals surface area (Å²) in [7, 11) is 0. The number of carbonyl (C=O) groups excluding carboxylic acids is 1. The van der Waals surface area contributed by atoms with E-state index in [4.69, 9.17) is 22.1 Å². The largest absolute Gasteiger partial charge is 0.492 e. The lowest BCUT2D eigenvalue weighted by molar-refractivity contribution is -0.121. The minimum Gasteiger partial charge on any atom is -0.492 e. The molecule has 0 aliphatic carbocycles. The smallest absolute Gasteiger partial charge is 0.231 e. The van der Waals surface area contributed by atoms with Gasteiger partial charge in [0.05, 0.1) is 22.3 Å². The lowest BCUT2D eigenvalue weighted by Gasteiger charge is -2.24. The van der Waals surface area contributed by atoms with Gasteiger partial charge in [0.25, 0.3) is 0 Å². The third kappa shape index (κ3) is 2.81. The van der Waals surface area contributed by atoms with Crippen LogP contribution in [0.2, 0.25) is 5.02 Å². The predicted molar refractivity (Wildman–Crippen MR) is 83.6 cm³/mol. The number of ether oxygens (including phenoxy) is 1. The van der Waals surface area contributed by atoms with Crippen molar-refractivity contribution in [2.45, 2.75) is 6.42 Å². The van der Waals surface area contributed by atoms with Crippen LogP contribution < -0.4 is 15.8 Å². The first-order valence-electron chi connectivity index (χ1n) is 6.70. The lowest BCUT2D eigenvalue weighted by Crippen LogP contribution is -2.32. The minimum atomic E-state index is -0.254. The fourth-order valence-electron chi connectivity index (χ4n) is 2.39. The van der Waals surface area contributed by atoms with E-state index in [0.717, 1.165) is 11.3 Å². The zero-order valence-electron chi connectivity index (χ0n) is 11.3. The van der Waals surface area contributed by atoms with Gasteiger partial charge < -0.3 is 15.8 Å². The van der Waals surface area contributed by atoms with E-state index in [1.807, 2.05) is 24.3 Å². The van der Waals surface area contributed by atoms with Crippen molar-refractivity contribution < 1.29 is 9.53 Å². The van der Waals surface area contributed by atoms with Gasteiger partial charge in [0.2, 0.25) is 5.91 Å². The Labute approximate surface area is 127 Å². The molecule has 0 aromatic heterocycles. The molecule has 0 spiro atoms. The number of rotatable bonds is 2. The maximum Gasteiger partial charge on any atom is 0.231 e. The Hall–Kier alpha value is -2.20. The normalized spacial score (nSPS) is 16.7. The highest BCUT2D eigenvalue weighted by Gasteiger charge is 2.26. The van der Waals surface area contributed by atoms with E-state index in [-0.39, 0.29) is 11.8 Å². The molecule has 21 heavy (non-hydrogen) atoms. The number of fused-ring (bicyclic) bond motifs is 1. The summed E-state index contributed by atoms with van der Waals surface area (Å²) in [4.78, 5) is 12.4. The zero-order valence-corrected chi connectivity index (χ0v) is 12.1. The van der Waals surface area contributed by atoms with E-state index in [9.17, 15) is 4.79 Å². The van der Waals surface area contributed by atoms with E-state index in [1.165, 1.54) is 0 Å². The maximum absolute atomic E-state index is 12.4. The van der Waals surface area contributed by atoms with Crippen LogP contribution in [0.15, 0.2) is 42.5 Å². The molecular formula is C16H15ClN2O2. The van der Waals surface area contributed by atoms with Crippen molar-refractivity contribution >= 4 is 28.9 Å². The van der Waals surface area contributed by atoms with Crippen LogP contribution in [0.5, 0.6) is 5.75 Å². The second-order valence-corrected chi connectivity index (χ2v) is 5.42. The molecular weight excluding hydrogens is 288 g/mol. The fraction of sp³-hybridized carbons (Fsp3) is 0.188. The maximum atomic E-state index is 12.4. The van der Waals surface area contributed by atoms with Gasteiger partial charge in [-0.25, -0.2) is 0 Å². The standard InChI is InChI=1S/C16H15ClN2O2/c17-12-5-3-6-13(18)15(12)19-16(20)11-8-10-4-1-2-7-14(10)21-9-11/h1-7,11H,8-9,18H2,(H,19,20). The highest BCUT2D eigenvalue weighted by Crippen LogP contribution is 2.30. The Morgan fingerprint density at radius 2 is 2.05 bits per heavy atom. The summed E-state index contributed by atoms with van der Waals surface area (Å²) in [5.41, 5.74) is 7.80. The fourth-order valence-corrected chi connectivity index (χ4v) is 2.62. The molecule has 1 heterocycles. The molecule has 0 fully saturated rings. The third-order valence-corrected chi connectivity index (χ3v) is 3.86. The average molecular weight is 303 g/mol. The number of hydrogen-bond acceptors (Lipinski definition) is 3. The summed E-state index contributed by atoms with van der Waals surface area (Å²) in [6.07, 6.45) is 0.645. The molecule has 0 saturated heterocycles. The van der Waals surface area contributed by atoms with Crippen LogP contribution in [-0.2, 0) is 11.2 Å². The lowest BCUT2D eigenvalue weighted by atomic mass is 9.96. The van der Waals surface area contributed by atoms with Gasteiger partial charge in [0.1, 0.15) is 12.4 Å². The summed E-state index contributed by atoms with van der Waals surface area (Å²) in [6.45, 7) is 0.354. The molecule has 1 atom stereocenters. The SMILES string of the molecule is Nc1cccc(Cl)c1NC(=O)C1COc2ccccc2C1. The first-order valence-corrected chi connectivity index (χ1v) is 7.08. The number of carbonyl (C=O) groups is 1. The zero-order chi connectivity index (χ0) is 14.8. The van der Waals surface area contributed by atoms with Crippen LogP contribution in [0.3, 0.4) is 0 Å². The summed E-state index contributed by atoms with van der Waals surface area (Å²) >= 11 is 6.07. The molecule has 0 radical (unpaired) electrons. The van der Waals surface area contributed by atoms with Gasteiger partial charge >= 0.3 is 0 Å². The number of nitrogen functional groups attached to an aromatic ring is 1. The molecule has 4 nitrogen and oxygen atoms in total. The molecule has 1 aliphatic rings. The van der Waals surface area contributed by atoms with E-state index >= 15 is 0 Å². The number of hydrogen-bond donors (Lipinski definition) is 2. The first-order chi connectivity index (χ1) is 10.1. The van der Waals surface area contributed by atoms with E-state index in [0.29, 0.717) is 29.4 Å². The minimum absolute atomic E-state index is 0.135. The Kier molecular flexibility index (Phi) is 3.71. The molecule has 0 bridgehead atoms. The number of amides is 1. The van der Waals surface area contributed by atoms with Crippen LogP contribution in [0.4, 0.5) is 11.4 Å². The number of nitrogens with two attached hydrogens (primary N) is 1. The van der Waals surface area contributed by atoms with Crippen LogP contribution in [0.25, 0.3) is 0 Å². The van der Waals surface area contributed by atoms with Crippen molar-refractivity contribution in [3.05, 3.63) is 53.1 Å². The van der Waals surface area contributed by atoms with Gasteiger partial charge in [-0.2, -0.15) is 0 Å². The highest BCUT2D eigenvalue weighted by atomic mass is 35.5. The van der Waals surface area contributed by atoms with Gasteiger partial charge in [-0.15, -0.1) is 0 Å². The van der Waals surface area contributed by atoms with Crippen molar-refractivity contribution in [3.63, 3.8) is 0 Å². The highest BCUT2D eigenvalue weighted by molar-refractivity contribution is 6.34. The van der Waals surface area contributed by atoms with E-state index in [2.05, 4.69) is 5.32 Å². The molecule has 2 aromatic rings. The Morgan fingerprint density at radius 3 is 2.86 bits per heavy atom. The monoisotopic (exact) mass is 302 g/mol. The molecule has 108 valence electrons. The number of anilines is 2. The molecule has 1 aliphatic heterocycles. The summed E-state index contributed by atoms with van der Waals surface area (Å²) < 4.78 is 5.63. The number of para-hydroxylation sites is 2. The van der Waals surface area contributed by atoms with Gasteiger partial charge in [0, 0.05) is 0 Å². The van der Waals surface area contributed by atoms with Crippen molar-refractivity contribution in [2.75, 3.05) is 17.7 Å². The van der Waals surface area contributed by atoms with Crippen molar-refractivity contribution in [2.24, 2.45) is 5.92 Å². The topological polar surface area (TPSA) is 64.3 Å². The summed E-state index contributed by atoms with van der Waals surface area (Å²) in [5.74, 6) is 0.457. The molecule has 3 rings (SSSR count). The predicted octanol–water partition coefficient (Wildman–Crippen LogP) is 3.11. The number of halogens is 1. The summed E-state index contributed by atoms with van der Waals surface area (Å²) in [6, 6.07) is 12.9. The molecule has 1 unspecified atom stereocenters.